The van der Waals surface area contributed by atoms with Crippen molar-refractivity contribution in [1.29, 1.82) is 0 Å². The maximum absolute atomic E-state index is 6.31. The molecule has 1 N–H and O–H groups in total. The Balaban J connectivity index is 2.21. The van der Waals surface area contributed by atoms with Crippen LogP contribution in [0.5, 0.6) is 0 Å². The average molecular weight is 312 g/mol. The molecule has 5 heteroatoms. The molecule has 0 amide bonds. The van der Waals surface area contributed by atoms with E-state index in [1.165, 1.54) is 0 Å². The van der Waals surface area contributed by atoms with Crippen molar-refractivity contribution >= 4 is 28.9 Å². The van der Waals surface area contributed by atoms with E-state index < -0.39 is 0 Å². The number of para-hydroxylation sites is 1. The molecule has 0 saturated carbocycles. The topological polar surface area (TPSA) is 29.9 Å². The number of alkyl halides is 1. The highest BCUT2D eigenvalue weighted by Gasteiger charge is 2.13. The number of anilines is 1. The van der Waals surface area contributed by atoms with E-state index in [9.17, 15) is 0 Å². The average Bonchev–Trinajstić information content (AvgIpc) is 2.72. The zero-order valence-corrected chi connectivity index (χ0v) is 13.5. The van der Waals surface area contributed by atoms with Crippen molar-refractivity contribution in [3.05, 3.63) is 46.2 Å². The van der Waals surface area contributed by atoms with E-state index in [0.29, 0.717) is 6.54 Å². The van der Waals surface area contributed by atoms with Crippen molar-refractivity contribution in [3.8, 4) is 0 Å². The number of hydrogen-bond acceptors (Lipinski definition) is 2. The van der Waals surface area contributed by atoms with Crippen LogP contribution in [0.2, 0.25) is 5.02 Å². The second kappa shape index (κ2) is 6.51. The minimum absolute atomic E-state index is 0.0352. The SMILES string of the molecule is CCn1nc(C)c(Cl)c1CNc1ccccc1C(C)Cl. The number of rotatable bonds is 5. The molecule has 0 fully saturated rings. The zero-order valence-electron chi connectivity index (χ0n) is 12.0. The summed E-state index contributed by atoms with van der Waals surface area (Å²) >= 11 is 12.5. The van der Waals surface area contributed by atoms with E-state index >= 15 is 0 Å². The number of nitrogens with one attached hydrogen (secondary N) is 1. The summed E-state index contributed by atoms with van der Waals surface area (Å²) in [6.45, 7) is 7.38. The first kappa shape index (κ1) is 15.2. The maximum Gasteiger partial charge on any atom is 0.0865 e. The number of hydrogen-bond donors (Lipinski definition) is 1. The van der Waals surface area contributed by atoms with Crippen molar-refractivity contribution in [3.63, 3.8) is 0 Å². The summed E-state index contributed by atoms with van der Waals surface area (Å²) < 4.78 is 1.93. The number of aryl methyl sites for hydroxylation is 2. The standard InChI is InChI=1S/C15H19Cl2N3/c1-4-20-14(15(17)11(3)19-20)9-18-13-8-6-5-7-12(13)10(2)16/h5-8,10,18H,4,9H2,1-3H3. The summed E-state index contributed by atoms with van der Waals surface area (Å²) in [6.07, 6.45) is 0. The second-order valence-electron chi connectivity index (χ2n) is 4.72. The first-order valence-corrected chi connectivity index (χ1v) is 7.54. The number of nitrogens with zero attached hydrogens (tertiary/aromatic N) is 2. The Hall–Kier alpha value is -1.19. The van der Waals surface area contributed by atoms with Crippen LogP contribution in [0.3, 0.4) is 0 Å². The van der Waals surface area contributed by atoms with E-state index in [4.69, 9.17) is 23.2 Å². The van der Waals surface area contributed by atoms with Gasteiger partial charge in [-0.1, -0.05) is 29.8 Å². The molecule has 108 valence electrons. The quantitative estimate of drug-likeness (QED) is 0.805. The Bertz CT molecular complexity index is 591. The largest absolute Gasteiger partial charge is 0.379 e. The molecule has 1 unspecified atom stereocenters. The van der Waals surface area contributed by atoms with Crippen LogP contribution in [-0.4, -0.2) is 9.78 Å². The molecular weight excluding hydrogens is 293 g/mol. The van der Waals surface area contributed by atoms with E-state index in [0.717, 1.165) is 34.2 Å². The highest BCUT2D eigenvalue weighted by atomic mass is 35.5. The van der Waals surface area contributed by atoms with E-state index in [2.05, 4.69) is 17.3 Å². The molecule has 2 rings (SSSR count). The van der Waals surface area contributed by atoms with Gasteiger partial charge in [0.05, 0.1) is 28.3 Å². The van der Waals surface area contributed by atoms with Crippen molar-refractivity contribution in [2.24, 2.45) is 0 Å². The summed E-state index contributed by atoms with van der Waals surface area (Å²) in [6, 6.07) is 8.05. The molecule has 0 aliphatic carbocycles. The van der Waals surface area contributed by atoms with Gasteiger partial charge in [-0.25, -0.2) is 0 Å². The van der Waals surface area contributed by atoms with Gasteiger partial charge in [0.15, 0.2) is 0 Å². The van der Waals surface area contributed by atoms with Crippen molar-refractivity contribution in [2.45, 2.75) is 39.2 Å². The molecule has 1 aromatic carbocycles. The molecule has 0 aliphatic rings. The first-order valence-electron chi connectivity index (χ1n) is 6.73. The molecule has 0 bridgehead atoms. The van der Waals surface area contributed by atoms with Gasteiger partial charge in [-0.2, -0.15) is 5.10 Å². The van der Waals surface area contributed by atoms with Gasteiger partial charge in [0.25, 0.3) is 0 Å². The third kappa shape index (κ3) is 3.10. The van der Waals surface area contributed by atoms with Crippen molar-refractivity contribution in [2.75, 3.05) is 5.32 Å². The molecule has 1 heterocycles. The predicted octanol–water partition coefficient (Wildman–Crippen LogP) is 4.78. The summed E-state index contributed by atoms with van der Waals surface area (Å²) in [5.41, 5.74) is 3.99. The monoisotopic (exact) mass is 311 g/mol. The van der Waals surface area contributed by atoms with E-state index in [-0.39, 0.29) is 5.38 Å². The number of halogens is 2. The fraction of sp³-hybridized carbons (Fsp3) is 0.400. The van der Waals surface area contributed by atoms with E-state index in [1.54, 1.807) is 0 Å². The minimum atomic E-state index is -0.0352. The Morgan fingerprint density at radius 2 is 2.05 bits per heavy atom. The van der Waals surface area contributed by atoms with Crippen LogP contribution in [0.25, 0.3) is 0 Å². The highest BCUT2D eigenvalue weighted by Crippen LogP contribution is 2.28. The fourth-order valence-electron chi connectivity index (χ4n) is 2.22. The molecule has 20 heavy (non-hydrogen) atoms. The van der Waals surface area contributed by atoms with Gasteiger partial charge in [0, 0.05) is 12.2 Å². The fourth-order valence-corrected chi connectivity index (χ4v) is 2.61. The van der Waals surface area contributed by atoms with Crippen LogP contribution in [0.15, 0.2) is 24.3 Å². The predicted molar refractivity (Wildman–Crippen MR) is 85.7 cm³/mol. The van der Waals surface area contributed by atoms with Crippen LogP contribution >= 0.6 is 23.2 Å². The van der Waals surface area contributed by atoms with Gasteiger partial charge in [0.2, 0.25) is 0 Å². The lowest BCUT2D eigenvalue weighted by Crippen LogP contribution is -2.09. The zero-order chi connectivity index (χ0) is 14.7. The third-order valence-corrected chi connectivity index (χ3v) is 4.02. The Labute approximate surface area is 129 Å². The molecule has 3 nitrogen and oxygen atoms in total. The summed E-state index contributed by atoms with van der Waals surface area (Å²) in [4.78, 5) is 0. The smallest absolute Gasteiger partial charge is 0.0865 e. The van der Waals surface area contributed by atoms with Crippen molar-refractivity contribution < 1.29 is 0 Å². The molecule has 1 atom stereocenters. The molecule has 0 radical (unpaired) electrons. The van der Waals surface area contributed by atoms with Gasteiger partial charge in [-0.15, -0.1) is 11.6 Å². The van der Waals surface area contributed by atoms with Gasteiger partial charge in [-0.05, 0) is 32.4 Å². The molecule has 0 aliphatic heterocycles. The number of aromatic nitrogens is 2. The molecular formula is C15H19Cl2N3. The van der Waals surface area contributed by atoms with E-state index in [1.807, 2.05) is 42.8 Å². The lowest BCUT2D eigenvalue weighted by atomic mass is 10.1. The van der Waals surface area contributed by atoms with Gasteiger partial charge >= 0.3 is 0 Å². The lowest BCUT2D eigenvalue weighted by molar-refractivity contribution is 0.623. The summed E-state index contributed by atoms with van der Waals surface area (Å²) in [5.74, 6) is 0. The molecule has 0 spiro atoms. The molecule has 1 aromatic heterocycles. The van der Waals surface area contributed by atoms with Crippen LogP contribution in [0.4, 0.5) is 5.69 Å². The van der Waals surface area contributed by atoms with Crippen LogP contribution < -0.4 is 5.32 Å². The van der Waals surface area contributed by atoms with Gasteiger partial charge < -0.3 is 5.32 Å². The van der Waals surface area contributed by atoms with Crippen LogP contribution in [0.1, 0.15) is 36.2 Å². The molecule has 2 aromatic rings. The normalized spacial score (nSPS) is 12.4. The summed E-state index contributed by atoms with van der Waals surface area (Å²) in [5, 5.41) is 8.52. The Morgan fingerprint density at radius 1 is 1.35 bits per heavy atom. The van der Waals surface area contributed by atoms with Crippen LogP contribution in [0, 0.1) is 6.92 Å². The van der Waals surface area contributed by atoms with Gasteiger partial charge in [-0.3, -0.25) is 4.68 Å². The molecule has 0 saturated heterocycles. The second-order valence-corrected chi connectivity index (χ2v) is 5.75. The first-order chi connectivity index (χ1) is 9.54. The third-order valence-electron chi connectivity index (χ3n) is 3.29. The van der Waals surface area contributed by atoms with Gasteiger partial charge in [0.1, 0.15) is 0 Å². The number of benzene rings is 1. The summed E-state index contributed by atoms with van der Waals surface area (Å²) in [7, 11) is 0. The van der Waals surface area contributed by atoms with Crippen molar-refractivity contribution in [1.82, 2.24) is 9.78 Å². The highest BCUT2D eigenvalue weighted by molar-refractivity contribution is 6.31. The lowest BCUT2D eigenvalue weighted by Gasteiger charge is -2.14. The Kier molecular flexibility index (Phi) is 4.95. The minimum Gasteiger partial charge on any atom is -0.379 e. The van der Waals surface area contributed by atoms with Crippen LogP contribution in [-0.2, 0) is 13.1 Å². The maximum atomic E-state index is 6.31. The Morgan fingerprint density at radius 3 is 2.70 bits per heavy atom.